The number of amides is 1. The van der Waals surface area contributed by atoms with Crippen molar-refractivity contribution in [2.24, 2.45) is 5.92 Å². The summed E-state index contributed by atoms with van der Waals surface area (Å²) in [5.74, 6) is 0.854. The van der Waals surface area contributed by atoms with Crippen molar-refractivity contribution in [1.29, 1.82) is 0 Å². The van der Waals surface area contributed by atoms with Crippen LogP contribution >= 0.6 is 11.3 Å². The molecular weight excluding hydrogens is 300 g/mol. The molecule has 7 heteroatoms. The van der Waals surface area contributed by atoms with Gasteiger partial charge in [-0.05, 0) is 32.5 Å². The van der Waals surface area contributed by atoms with Gasteiger partial charge in [0.2, 0.25) is 0 Å². The molecule has 6 nitrogen and oxygen atoms in total. The minimum Gasteiger partial charge on any atom is -0.351 e. The van der Waals surface area contributed by atoms with Crippen LogP contribution in [-0.2, 0) is 6.54 Å². The zero-order chi connectivity index (χ0) is 16.4. The molecule has 2 rings (SSSR count). The number of aryl methyl sites for hydroxylation is 1. The monoisotopic (exact) mass is 322 g/mol. The van der Waals surface area contributed by atoms with E-state index in [1.54, 1.807) is 6.92 Å². The summed E-state index contributed by atoms with van der Waals surface area (Å²) >= 11 is 1.28. The predicted molar refractivity (Wildman–Crippen MR) is 89.5 cm³/mol. The maximum Gasteiger partial charge on any atom is 0.261 e. The third kappa shape index (κ3) is 3.53. The Labute approximate surface area is 133 Å². The van der Waals surface area contributed by atoms with Gasteiger partial charge in [-0.25, -0.2) is 4.98 Å². The molecule has 0 aliphatic rings. The van der Waals surface area contributed by atoms with Crippen LogP contribution in [0.3, 0.4) is 0 Å². The highest BCUT2D eigenvalue weighted by atomic mass is 32.1. The number of nitrogens with one attached hydrogen (secondary N) is 2. The number of rotatable bonds is 5. The van der Waals surface area contributed by atoms with Gasteiger partial charge in [0.15, 0.2) is 0 Å². The summed E-state index contributed by atoms with van der Waals surface area (Å²) in [7, 11) is 3.82. The van der Waals surface area contributed by atoms with Crippen LogP contribution in [0, 0.1) is 12.8 Å². The number of hydrogen-bond donors (Lipinski definition) is 2. The second-order valence-corrected chi connectivity index (χ2v) is 7.09. The van der Waals surface area contributed by atoms with Crippen LogP contribution in [0.1, 0.15) is 34.9 Å². The molecule has 120 valence electrons. The van der Waals surface area contributed by atoms with Gasteiger partial charge in [-0.15, -0.1) is 11.3 Å². The van der Waals surface area contributed by atoms with Crippen LogP contribution in [0.25, 0.3) is 10.2 Å². The highest BCUT2D eigenvalue weighted by Crippen LogP contribution is 2.26. The van der Waals surface area contributed by atoms with Crippen LogP contribution in [0.2, 0.25) is 0 Å². The number of fused-ring (bicyclic) bond motifs is 1. The first kappa shape index (κ1) is 16.6. The number of thiophene rings is 1. The number of carbonyl (C=O) groups is 1. The van der Waals surface area contributed by atoms with Gasteiger partial charge in [-0.1, -0.05) is 13.8 Å². The van der Waals surface area contributed by atoms with E-state index in [4.69, 9.17) is 0 Å². The lowest BCUT2D eigenvalue weighted by Crippen LogP contribution is -2.27. The van der Waals surface area contributed by atoms with Gasteiger partial charge in [-0.2, -0.15) is 0 Å². The summed E-state index contributed by atoms with van der Waals surface area (Å²) in [6.07, 6.45) is 0. The number of aromatic nitrogens is 2. The zero-order valence-corrected chi connectivity index (χ0v) is 14.4. The fraction of sp³-hybridized carbons (Fsp3) is 0.533. The third-order valence-electron chi connectivity index (χ3n) is 3.19. The maximum absolute atomic E-state index is 12.3. The Morgan fingerprint density at radius 3 is 2.68 bits per heavy atom. The van der Waals surface area contributed by atoms with E-state index < -0.39 is 0 Å². The summed E-state index contributed by atoms with van der Waals surface area (Å²) in [5.41, 5.74) is 0.518. The molecule has 0 aromatic carbocycles. The summed E-state index contributed by atoms with van der Waals surface area (Å²) in [4.78, 5) is 34.9. The normalized spacial score (nSPS) is 11.6. The number of nitrogens with zero attached hydrogens (tertiary/aromatic N) is 2. The number of hydrogen-bond acceptors (Lipinski definition) is 5. The molecular formula is C15H22N4O2S. The first-order chi connectivity index (χ1) is 10.3. The van der Waals surface area contributed by atoms with Crippen molar-refractivity contribution in [3.63, 3.8) is 0 Å². The third-order valence-corrected chi connectivity index (χ3v) is 4.38. The lowest BCUT2D eigenvalue weighted by atomic mass is 10.2. The molecule has 0 fully saturated rings. The molecule has 0 unspecified atom stereocenters. The Kier molecular flexibility index (Phi) is 4.97. The summed E-state index contributed by atoms with van der Waals surface area (Å²) in [6.45, 7) is 7.04. The van der Waals surface area contributed by atoms with Crippen molar-refractivity contribution in [3.8, 4) is 0 Å². The van der Waals surface area contributed by atoms with Crippen molar-refractivity contribution in [2.75, 3.05) is 20.6 Å². The molecule has 0 bridgehead atoms. The predicted octanol–water partition coefficient (Wildman–Crippen LogP) is 1.74. The molecule has 0 saturated carbocycles. The van der Waals surface area contributed by atoms with E-state index in [0.717, 1.165) is 0 Å². The Balaban J connectivity index is 2.42. The molecule has 2 N–H and O–H groups in total. The summed E-state index contributed by atoms with van der Waals surface area (Å²) in [5, 5.41) is 3.41. The molecule has 1 amide bonds. The van der Waals surface area contributed by atoms with Gasteiger partial charge in [-0.3, -0.25) is 9.59 Å². The number of carbonyl (C=O) groups excluding carboxylic acids is 1. The molecule has 0 atom stereocenters. The second kappa shape index (κ2) is 6.58. The largest absolute Gasteiger partial charge is 0.351 e. The van der Waals surface area contributed by atoms with Crippen LogP contribution in [0.4, 0.5) is 0 Å². The first-order valence-corrected chi connectivity index (χ1v) is 8.06. The smallest absolute Gasteiger partial charge is 0.261 e. The molecule has 2 heterocycles. The quantitative estimate of drug-likeness (QED) is 0.879. The lowest BCUT2D eigenvalue weighted by Gasteiger charge is -2.07. The van der Waals surface area contributed by atoms with Crippen LogP contribution < -0.4 is 10.9 Å². The van der Waals surface area contributed by atoms with Gasteiger partial charge >= 0.3 is 0 Å². The van der Waals surface area contributed by atoms with Crippen molar-refractivity contribution in [2.45, 2.75) is 27.3 Å². The first-order valence-electron chi connectivity index (χ1n) is 7.24. The summed E-state index contributed by atoms with van der Waals surface area (Å²) < 4.78 is 0. The zero-order valence-electron chi connectivity index (χ0n) is 13.6. The van der Waals surface area contributed by atoms with Gasteiger partial charge in [0.1, 0.15) is 10.7 Å². The van der Waals surface area contributed by atoms with Gasteiger partial charge < -0.3 is 15.2 Å². The minimum atomic E-state index is -0.182. The van der Waals surface area contributed by atoms with E-state index in [0.29, 0.717) is 45.5 Å². The maximum atomic E-state index is 12.3. The van der Waals surface area contributed by atoms with Gasteiger partial charge in [0, 0.05) is 6.54 Å². The van der Waals surface area contributed by atoms with E-state index in [1.165, 1.54) is 11.3 Å². The Morgan fingerprint density at radius 2 is 2.09 bits per heavy atom. The molecule has 0 spiro atoms. The van der Waals surface area contributed by atoms with Crippen molar-refractivity contribution < 1.29 is 4.79 Å². The van der Waals surface area contributed by atoms with Crippen molar-refractivity contribution >= 4 is 27.5 Å². The molecule has 2 aromatic rings. The van der Waals surface area contributed by atoms with Crippen LogP contribution in [0.15, 0.2) is 4.79 Å². The highest BCUT2D eigenvalue weighted by molar-refractivity contribution is 7.20. The van der Waals surface area contributed by atoms with Crippen LogP contribution in [0.5, 0.6) is 0 Å². The number of H-pyrrole nitrogens is 1. The topological polar surface area (TPSA) is 78.1 Å². The fourth-order valence-corrected chi connectivity index (χ4v) is 3.27. The molecule has 0 saturated heterocycles. The molecule has 0 radical (unpaired) electrons. The van der Waals surface area contributed by atoms with Gasteiger partial charge in [0.05, 0.1) is 16.8 Å². The average Bonchev–Trinajstić information content (AvgIpc) is 2.72. The lowest BCUT2D eigenvalue weighted by molar-refractivity contribution is 0.0952. The standard InChI is InChI=1S/C15H22N4O2S/c1-8(2)6-16-14(21)12-9(3)11-13(20)17-10(7-19(4)5)18-15(11)22-12/h8H,6-7H2,1-5H3,(H,16,21)(H,17,18,20). The molecule has 2 aromatic heterocycles. The Hall–Kier alpha value is -1.73. The molecule has 22 heavy (non-hydrogen) atoms. The van der Waals surface area contributed by atoms with Crippen molar-refractivity contribution in [3.05, 3.63) is 26.6 Å². The van der Waals surface area contributed by atoms with Crippen molar-refractivity contribution in [1.82, 2.24) is 20.2 Å². The average molecular weight is 322 g/mol. The molecule has 0 aliphatic carbocycles. The number of aromatic amines is 1. The molecule has 0 aliphatic heterocycles. The van der Waals surface area contributed by atoms with E-state index in [9.17, 15) is 9.59 Å². The Bertz CT molecular complexity index is 746. The van der Waals surface area contributed by atoms with E-state index in [2.05, 4.69) is 15.3 Å². The fourth-order valence-electron chi connectivity index (χ4n) is 2.16. The highest BCUT2D eigenvalue weighted by Gasteiger charge is 2.19. The van der Waals surface area contributed by atoms with Crippen LogP contribution in [-0.4, -0.2) is 41.4 Å². The minimum absolute atomic E-state index is 0.136. The van der Waals surface area contributed by atoms with Gasteiger partial charge in [0.25, 0.3) is 11.5 Å². The Morgan fingerprint density at radius 1 is 1.41 bits per heavy atom. The van der Waals surface area contributed by atoms with E-state index >= 15 is 0 Å². The SMILES string of the molecule is Cc1c(C(=O)NCC(C)C)sc2nc(CN(C)C)[nH]c(=O)c12. The second-order valence-electron chi connectivity index (χ2n) is 6.09. The van der Waals surface area contributed by atoms with E-state index in [-0.39, 0.29) is 11.5 Å². The summed E-state index contributed by atoms with van der Waals surface area (Å²) in [6, 6.07) is 0. The van der Waals surface area contributed by atoms with E-state index in [1.807, 2.05) is 32.8 Å².